The predicted octanol–water partition coefficient (Wildman–Crippen LogP) is 1.26. The summed E-state index contributed by atoms with van der Waals surface area (Å²) >= 11 is 1.15. The Bertz CT molecular complexity index is 388. The monoisotopic (exact) mass is 212 g/mol. The van der Waals surface area contributed by atoms with Gasteiger partial charge < -0.3 is 5.32 Å². The number of amides is 1. The van der Waals surface area contributed by atoms with E-state index in [0.29, 0.717) is 13.0 Å². The average Bonchev–Trinajstić information content (AvgIpc) is 2.70. The highest BCUT2D eigenvalue weighted by Gasteiger charge is 2.25. The first-order valence-corrected chi connectivity index (χ1v) is 4.99. The van der Waals surface area contributed by atoms with Gasteiger partial charge in [0.25, 0.3) is 0 Å². The molecule has 0 radical (unpaired) electrons. The Labute approximate surface area is 83.9 Å². The lowest BCUT2D eigenvalue weighted by Crippen LogP contribution is -2.13. The summed E-state index contributed by atoms with van der Waals surface area (Å²) in [4.78, 5) is 21.9. The summed E-state index contributed by atoms with van der Waals surface area (Å²) in [5.41, 5.74) is 0. The second kappa shape index (κ2) is 3.38. The molecule has 2 heterocycles. The standard InChI is InChI=1S/C8H8N2O3S/c11-7-3-5(4-9-7)6-1-2-8(14-6)10(12)13/h1-2,5H,3-4H2,(H,9,11). The van der Waals surface area contributed by atoms with Gasteiger partial charge >= 0.3 is 5.00 Å². The number of nitrogens with zero attached hydrogens (tertiary/aromatic N) is 1. The minimum absolute atomic E-state index is 0.0195. The SMILES string of the molecule is O=C1CC(c2ccc([N+](=O)[O-])s2)CN1. The van der Waals surface area contributed by atoms with Crippen molar-refractivity contribution in [2.45, 2.75) is 12.3 Å². The van der Waals surface area contributed by atoms with Crippen LogP contribution < -0.4 is 5.32 Å². The van der Waals surface area contributed by atoms with Crippen molar-refractivity contribution in [2.24, 2.45) is 0 Å². The quantitative estimate of drug-likeness (QED) is 0.592. The molecule has 5 nitrogen and oxygen atoms in total. The van der Waals surface area contributed by atoms with Gasteiger partial charge in [0.15, 0.2) is 0 Å². The van der Waals surface area contributed by atoms with Crippen molar-refractivity contribution in [3.63, 3.8) is 0 Å². The third-order valence-corrected chi connectivity index (χ3v) is 3.37. The zero-order chi connectivity index (χ0) is 10.1. The van der Waals surface area contributed by atoms with E-state index in [1.807, 2.05) is 0 Å². The first kappa shape index (κ1) is 9.14. The van der Waals surface area contributed by atoms with Gasteiger partial charge in [-0.25, -0.2) is 0 Å². The largest absolute Gasteiger partial charge is 0.355 e. The van der Waals surface area contributed by atoms with Crippen LogP contribution in [-0.2, 0) is 4.79 Å². The van der Waals surface area contributed by atoms with Crippen molar-refractivity contribution < 1.29 is 9.72 Å². The van der Waals surface area contributed by atoms with E-state index in [4.69, 9.17) is 0 Å². The highest BCUT2D eigenvalue weighted by atomic mass is 32.1. The topological polar surface area (TPSA) is 72.2 Å². The van der Waals surface area contributed by atoms with Crippen LogP contribution in [0.5, 0.6) is 0 Å². The summed E-state index contributed by atoms with van der Waals surface area (Å²) < 4.78 is 0. The van der Waals surface area contributed by atoms with E-state index in [2.05, 4.69) is 5.32 Å². The maximum Gasteiger partial charge on any atom is 0.324 e. The minimum Gasteiger partial charge on any atom is -0.355 e. The van der Waals surface area contributed by atoms with Crippen LogP contribution in [-0.4, -0.2) is 17.4 Å². The summed E-state index contributed by atoms with van der Waals surface area (Å²) in [5.74, 6) is 0.132. The normalized spacial score (nSPS) is 20.9. The maximum absolute atomic E-state index is 10.9. The molecule has 0 spiro atoms. The van der Waals surface area contributed by atoms with Gasteiger partial charge in [-0.05, 0) is 6.07 Å². The molecule has 0 bridgehead atoms. The van der Waals surface area contributed by atoms with Crippen molar-refractivity contribution in [3.8, 4) is 0 Å². The number of carbonyl (C=O) groups excluding carboxylic acids is 1. The molecule has 0 aliphatic carbocycles. The Balaban J connectivity index is 2.17. The first-order chi connectivity index (χ1) is 6.66. The third kappa shape index (κ3) is 1.60. The molecule has 74 valence electrons. The van der Waals surface area contributed by atoms with Crippen molar-refractivity contribution in [3.05, 3.63) is 27.1 Å². The number of nitrogens with one attached hydrogen (secondary N) is 1. The molecule has 1 saturated heterocycles. The molecule has 1 N–H and O–H groups in total. The van der Waals surface area contributed by atoms with Crippen molar-refractivity contribution in [2.75, 3.05) is 6.54 Å². The summed E-state index contributed by atoms with van der Waals surface area (Å²) in [6.45, 7) is 0.594. The van der Waals surface area contributed by atoms with Crippen LogP contribution in [0, 0.1) is 10.1 Å². The maximum atomic E-state index is 10.9. The van der Waals surface area contributed by atoms with Crippen LogP contribution in [0.3, 0.4) is 0 Å². The summed E-state index contributed by atoms with van der Waals surface area (Å²) in [6, 6.07) is 3.22. The summed E-state index contributed by atoms with van der Waals surface area (Å²) in [7, 11) is 0. The molecule has 0 saturated carbocycles. The van der Waals surface area contributed by atoms with E-state index < -0.39 is 4.92 Å². The molecule has 1 aliphatic heterocycles. The lowest BCUT2D eigenvalue weighted by molar-refractivity contribution is -0.380. The van der Waals surface area contributed by atoms with E-state index in [-0.39, 0.29) is 16.8 Å². The van der Waals surface area contributed by atoms with Gasteiger partial charge in [-0.2, -0.15) is 0 Å². The highest BCUT2D eigenvalue weighted by molar-refractivity contribution is 7.15. The number of rotatable bonds is 2. The lowest BCUT2D eigenvalue weighted by Gasteiger charge is -2.00. The summed E-state index contributed by atoms with van der Waals surface area (Å²) in [5, 5.41) is 13.3. The Morgan fingerprint density at radius 1 is 1.57 bits per heavy atom. The molecule has 1 aromatic rings. The van der Waals surface area contributed by atoms with Crippen LogP contribution in [0.2, 0.25) is 0 Å². The second-order valence-corrected chi connectivity index (χ2v) is 4.23. The van der Waals surface area contributed by atoms with Crippen molar-refractivity contribution >= 4 is 22.2 Å². The van der Waals surface area contributed by atoms with Gasteiger partial charge in [0.05, 0.1) is 4.92 Å². The molecule has 1 atom stereocenters. The van der Waals surface area contributed by atoms with E-state index in [0.717, 1.165) is 16.2 Å². The minimum atomic E-state index is -0.404. The number of hydrogen-bond donors (Lipinski definition) is 1. The number of hydrogen-bond acceptors (Lipinski definition) is 4. The molecule has 0 aromatic carbocycles. The number of nitro groups is 1. The van der Waals surface area contributed by atoms with Crippen LogP contribution >= 0.6 is 11.3 Å². The molecule has 1 fully saturated rings. The van der Waals surface area contributed by atoms with Crippen LogP contribution in [0.1, 0.15) is 17.2 Å². The van der Waals surface area contributed by atoms with Crippen LogP contribution in [0.4, 0.5) is 5.00 Å². The molecular formula is C8H8N2O3S. The lowest BCUT2D eigenvalue weighted by atomic mass is 10.1. The number of carbonyl (C=O) groups is 1. The van der Waals surface area contributed by atoms with Crippen LogP contribution in [0.15, 0.2) is 12.1 Å². The summed E-state index contributed by atoms with van der Waals surface area (Å²) in [6.07, 6.45) is 0.442. The van der Waals surface area contributed by atoms with Gasteiger partial charge in [-0.15, -0.1) is 0 Å². The van der Waals surface area contributed by atoms with E-state index >= 15 is 0 Å². The van der Waals surface area contributed by atoms with E-state index in [9.17, 15) is 14.9 Å². The van der Waals surface area contributed by atoms with E-state index in [1.165, 1.54) is 6.07 Å². The predicted molar refractivity (Wildman–Crippen MR) is 51.3 cm³/mol. The molecule has 2 rings (SSSR count). The van der Waals surface area contributed by atoms with Gasteiger partial charge in [-0.1, -0.05) is 11.3 Å². The van der Waals surface area contributed by atoms with Gasteiger partial charge in [0, 0.05) is 29.8 Å². The highest BCUT2D eigenvalue weighted by Crippen LogP contribution is 2.32. The van der Waals surface area contributed by atoms with Gasteiger partial charge in [-0.3, -0.25) is 14.9 Å². The van der Waals surface area contributed by atoms with Crippen molar-refractivity contribution in [1.29, 1.82) is 0 Å². The molecule has 1 aromatic heterocycles. The molecule has 14 heavy (non-hydrogen) atoms. The number of thiophene rings is 1. The van der Waals surface area contributed by atoms with E-state index in [1.54, 1.807) is 6.07 Å². The van der Waals surface area contributed by atoms with Crippen molar-refractivity contribution in [1.82, 2.24) is 5.32 Å². The Morgan fingerprint density at radius 3 is 2.86 bits per heavy atom. The second-order valence-electron chi connectivity index (χ2n) is 3.14. The fourth-order valence-corrected chi connectivity index (χ4v) is 2.39. The van der Waals surface area contributed by atoms with Crippen LogP contribution in [0.25, 0.3) is 0 Å². The molecule has 6 heteroatoms. The Kier molecular flexibility index (Phi) is 2.20. The average molecular weight is 212 g/mol. The fourth-order valence-electron chi connectivity index (χ4n) is 1.47. The smallest absolute Gasteiger partial charge is 0.324 e. The molecule has 1 amide bonds. The zero-order valence-corrected chi connectivity index (χ0v) is 8.04. The zero-order valence-electron chi connectivity index (χ0n) is 7.23. The first-order valence-electron chi connectivity index (χ1n) is 4.17. The van der Waals surface area contributed by atoms with Gasteiger partial charge in [0.1, 0.15) is 0 Å². The third-order valence-electron chi connectivity index (χ3n) is 2.17. The Morgan fingerprint density at radius 2 is 2.36 bits per heavy atom. The molecular weight excluding hydrogens is 204 g/mol. The van der Waals surface area contributed by atoms with Gasteiger partial charge in [0.2, 0.25) is 5.91 Å². The Hall–Kier alpha value is -1.43. The fraction of sp³-hybridized carbons (Fsp3) is 0.375. The molecule has 1 unspecified atom stereocenters. The molecule has 1 aliphatic rings.